The molecule has 0 aliphatic heterocycles. The van der Waals surface area contributed by atoms with E-state index in [9.17, 15) is 15.0 Å². The van der Waals surface area contributed by atoms with Crippen molar-refractivity contribution in [2.24, 2.45) is 0 Å². The standard InChI is InChI=1S/C13H19NO3/c1-9-7-10(15)5-6-11(9)12(16)14(4)8-13(2,3)17/h5-7,15,17H,8H2,1-4H3. The Morgan fingerprint density at radius 1 is 1.41 bits per heavy atom. The molecule has 0 aliphatic carbocycles. The molecular weight excluding hydrogens is 218 g/mol. The second kappa shape index (κ2) is 4.75. The third kappa shape index (κ3) is 3.75. The first-order chi connectivity index (χ1) is 7.70. The van der Waals surface area contributed by atoms with Crippen LogP contribution in [-0.4, -0.2) is 40.2 Å². The SMILES string of the molecule is Cc1cc(O)ccc1C(=O)N(C)CC(C)(C)O. The van der Waals surface area contributed by atoms with Gasteiger partial charge in [0.2, 0.25) is 0 Å². The Balaban J connectivity index is 2.89. The molecule has 4 nitrogen and oxygen atoms in total. The summed E-state index contributed by atoms with van der Waals surface area (Å²) in [4.78, 5) is 13.6. The number of carbonyl (C=O) groups excluding carboxylic acids is 1. The summed E-state index contributed by atoms with van der Waals surface area (Å²) in [7, 11) is 1.65. The van der Waals surface area contributed by atoms with Gasteiger partial charge in [0, 0.05) is 19.2 Å². The van der Waals surface area contributed by atoms with E-state index in [-0.39, 0.29) is 18.2 Å². The van der Waals surface area contributed by atoms with Crippen molar-refractivity contribution in [3.63, 3.8) is 0 Å². The van der Waals surface area contributed by atoms with E-state index < -0.39 is 5.60 Å². The third-order valence-electron chi connectivity index (χ3n) is 2.41. The van der Waals surface area contributed by atoms with Gasteiger partial charge in [-0.05, 0) is 44.5 Å². The van der Waals surface area contributed by atoms with Gasteiger partial charge in [-0.1, -0.05) is 0 Å². The molecule has 0 aliphatic rings. The fourth-order valence-corrected chi connectivity index (χ4v) is 1.75. The van der Waals surface area contributed by atoms with Gasteiger partial charge in [-0.25, -0.2) is 0 Å². The number of amides is 1. The highest BCUT2D eigenvalue weighted by atomic mass is 16.3. The van der Waals surface area contributed by atoms with E-state index in [1.165, 1.54) is 11.0 Å². The van der Waals surface area contributed by atoms with Crippen LogP contribution in [0, 0.1) is 6.92 Å². The van der Waals surface area contributed by atoms with Crippen molar-refractivity contribution < 1.29 is 15.0 Å². The topological polar surface area (TPSA) is 60.8 Å². The minimum atomic E-state index is -0.921. The summed E-state index contributed by atoms with van der Waals surface area (Å²) in [5, 5.41) is 18.9. The summed E-state index contributed by atoms with van der Waals surface area (Å²) in [6.45, 7) is 5.33. The van der Waals surface area contributed by atoms with Crippen molar-refractivity contribution >= 4 is 5.91 Å². The van der Waals surface area contributed by atoms with Gasteiger partial charge in [0.15, 0.2) is 0 Å². The Hall–Kier alpha value is -1.55. The van der Waals surface area contributed by atoms with Crippen LogP contribution in [0.3, 0.4) is 0 Å². The van der Waals surface area contributed by atoms with Crippen LogP contribution in [0.2, 0.25) is 0 Å². The Bertz CT molecular complexity index is 421. The maximum Gasteiger partial charge on any atom is 0.253 e. The highest BCUT2D eigenvalue weighted by Gasteiger charge is 2.21. The molecular formula is C13H19NO3. The molecule has 94 valence electrons. The largest absolute Gasteiger partial charge is 0.508 e. The maximum absolute atomic E-state index is 12.1. The monoisotopic (exact) mass is 237 g/mol. The molecule has 2 N–H and O–H groups in total. The fourth-order valence-electron chi connectivity index (χ4n) is 1.75. The average Bonchev–Trinajstić information content (AvgIpc) is 2.14. The predicted octanol–water partition coefficient (Wildman–Crippen LogP) is 1.54. The quantitative estimate of drug-likeness (QED) is 0.838. The molecule has 0 bridgehead atoms. The van der Waals surface area contributed by atoms with Gasteiger partial charge in [0.1, 0.15) is 5.75 Å². The number of hydrogen-bond donors (Lipinski definition) is 2. The van der Waals surface area contributed by atoms with Crippen LogP contribution in [0.15, 0.2) is 18.2 Å². The Kier molecular flexibility index (Phi) is 3.78. The molecule has 0 unspecified atom stereocenters. The molecule has 1 aromatic carbocycles. The predicted molar refractivity (Wildman–Crippen MR) is 66.1 cm³/mol. The van der Waals surface area contributed by atoms with E-state index in [2.05, 4.69) is 0 Å². The summed E-state index contributed by atoms with van der Waals surface area (Å²) in [5.41, 5.74) is 0.335. The zero-order chi connectivity index (χ0) is 13.2. The summed E-state index contributed by atoms with van der Waals surface area (Å²) >= 11 is 0. The summed E-state index contributed by atoms with van der Waals surface area (Å²) < 4.78 is 0. The lowest BCUT2D eigenvalue weighted by Gasteiger charge is -2.26. The minimum Gasteiger partial charge on any atom is -0.508 e. The number of phenols is 1. The summed E-state index contributed by atoms with van der Waals surface area (Å²) in [6.07, 6.45) is 0. The number of aliphatic hydroxyl groups is 1. The van der Waals surface area contributed by atoms with Crippen molar-refractivity contribution in [1.82, 2.24) is 4.90 Å². The van der Waals surface area contributed by atoms with Gasteiger partial charge in [-0.15, -0.1) is 0 Å². The molecule has 4 heteroatoms. The van der Waals surface area contributed by atoms with Gasteiger partial charge in [0.05, 0.1) is 5.60 Å². The first-order valence-electron chi connectivity index (χ1n) is 5.48. The molecule has 0 fully saturated rings. The van der Waals surface area contributed by atoms with Gasteiger partial charge in [0.25, 0.3) is 5.91 Å². The molecule has 0 heterocycles. The van der Waals surface area contributed by atoms with Crippen LogP contribution in [0.4, 0.5) is 0 Å². The van der Waals surface area contributed by atoms with Crippen LogP contribution < -0.4 is 0 Å². The lowest BCUT2D eigenvalue weighted by atomic mass is 10.1. The number of benzene rings is 1. The number of hydrogen-bond acceptors (Lipinski definition) is 3. The van der Waals surface area contributed by atoms with Crippen molar-refractivity contribution in [2.75, 3.05) is 13.6 Å². The normalized spacial score (nSPS) is 11.4. The lowest BCUT2D eigenvalue weighted by Crippen LogP contribution is -2.39. The number of rotatable bonds is 3. The molecule has 0 atom stereocenters. The molecule has 1 rings (SSSR count). The number of phenolic OH excluding ortho intramolecular Hbond substituents is 1. The zero-order valence-electron chi connectivity index (χ0n) is 10.7. The van der Waals surface area contributed by atoms with Crippen molar-refractivity contribution in [3.8, 4) is 5.75 Å². The highest BCUT2D eigenvalue weighted by Crippen LogP contribution is 2.17. The molecule has 0 aromatic heterocycles. The molecule has 17 heavy (non-hydrogen) atoms. The van der Waals surface area contributed by atoms with E-state index in [1.807, 2.05) is 0 Å². The van der Waals surface area contributed by atoms with Crippen molar-refractivity contribution in [2.45, 2.75) is 26.4 Å². The zero-order valence-corrected chi connectivity index (χ0v) is 10.7. The Labute approximate surface area is 101 Å². The average molecular weight is 237 g/mol. The van der Waals surface area contributed by atoms with E-state index >= 15 is 0 Å². The maximum atomic E-state index is 12.1. The van der Waals surface area contributed by atoms with E-state index in [4.69, 9.17) is 0 Å². The molecule has 0 saturated carbocycles. The van der Waals surface area contributed by atoms with Gasteiger partial charge < -0.3 is 15.1 Å². The number of aryl methyl sites for hydroxylation is 1. The van der Waals surface area contributed by atoms with Crippen LogP contribution in [0.25, 0.3) is 0 Å². The number of carbonyl (C=O) groups is 1. The molecule has 1 amide bonds. The first kappa shape index (κ1) is 13.5. The van der Waals surface area contributed by atoms with Crippen LogP contribution >= 0.6 is 0 Å². The fraction of sp³-hybridized carbons (Fsp3) is 0.462. The third-order valence-corrected chi connectivity index (χ3v) is 2.41. The number of aromatic hydroxyl groups is 1. The Morgan fingerprint density at radius 3 is 2.47 bits per heavy atom. The van der Waals surface area contributed by atoms with E-state index in [1.54, 1.807) is 40.0 Å². The van der Waals surface area contributed by atoms with Crippen molar-refractivity contribution in [1.29, 1.82) is 0 Å². The lowest BCUT2D eigenvalue weighted by molar-refractivity contribution is 0.0367. The second-order valence-corrected chi connectivity index (χ2v) is 4.97. The molecule has 0 radical (unpaired) electrons. The van der Waals surface area contributed by atoms with Gasteiger partial charge in [-0.2, -0.15) is 0 Å². The molecule has 0 spiro atoms. The van der Waals surface area contributed by atoms with Crippen LogP contribution in [0.5, 0.6) is 5.75 Å². The van der Waals surface area contributed by atoms with Crippen molar-refractivity contribution in [3.05, 3.63) is 29.3 Å². The van der Waals surface area contributed by atoms with E-state index in [0.717, 1.165) is 5.56 Å². The van der Waals surface area contributed by atoms with E-state index in [0.29, 0.717) is 5.56 Å². The second-order valence-electron chi connectivity index (χ2n) is 4.97. The highest BCUT2D eigenvalue weighted by molar-refractivity contribution is 5.95. The van der Waals surface area contributed by atoms with Gasteiger partial charge in [-0.3, -0.25) is 4.79 Å². The van der Waals surface area contributed by atoms with Crippen LogP contribution in [0.1, 0.15) is 29.8 Å². The molecule has 0 saturated heterocycles. The van der Waals surface area contributed by atoms with Crippen LogP contribution in [-0.2, 0) is 0 Å². The smallest absolute Gasteiger partial charge is 0.253 e. The molecule has 1 aromatic rings. The minimum absolute atomic E-state index is 0.143. The number of nitrogens with zero attached hydrogens (tertiary/aromatic N) is 1. The summed E-state index contributed by atoms with van der Waals surface area (Å²) in [5.74, 6) is -0.0196. The number of likely N-dealkylation sites (N-methyl/N-ethyl adjacent to an activating group) is 1. The van der Waals surface area contributed by atoms with Gasteiger partial charge >= 0.3 is 0 Å². The Morgan fingerprint density at radius 2 is 2.00 bits per heavy atom. The summed E-state index contributed by atoms with van der Waals surface area (Å²) in [6, 6.07) is 4.62. The first-order valence-corrected chi connectivity index (χ1v) is 5.48.